The van der Waals surface area contributed by atoms with Crippen molar-refractivity contribution in [3.8, 4) is 0 Å². The van der Waals surface area contributed by atoms with Crippen molar-refractivity contribution in [1.82, 2.24) is 20.2 Å². The summed E-state index contributed by atoms with van der Waals surface area (Å²) < 4.78 is 6.99. The van der Waals surface area contributed by atoms with E-state index in [-0.39, 0.29) is 6.10 Å². The lowest BCUT2D eigenvalue weighted by Gasteiger charge is -2.19. The van der Waals surface area contributed by atoms with Crippen molar-refractivity contribution < 1.29 is 4.74 Å². The maximum absolute atomic E-state index is 5.40. The number of aryl methyl sites for hydroxylation is 1. The molecule has 2 rings (SSSR count). The average molecular weight is 195 g/mol. The minimum atomic E-state index is 0.219. The molecule has 14 heavy (non-hydrogen) atoms. The zero-order chi connectivity index (χ0) is 9.80. The summed E-state index contributed by atoms with van der Waals surface area (Å²) in [7, 11) is 1.80. The molecule has 1 unspecified atom stereocenters. The minimum absolute atomic E-state index is 0.219. The number of hydrogen-bond donors (Lipinski definition) is 1. The maximum Gasteiger partial charge on any atom is 0.242 e. The Kier molecular flexibility index (Phi) is 2.62. The SMILES string of the molecule is Cn1nnnc1NCC1CCC=CO1. The van der Waals surface area contributed by atoms with Crippen LogP contribution in [0.15, 0.2) is 12.3 Å². The molecule has 0 aliphatic carbocycles. The lowest BCUT2D eigenvalue weighted by atomic mass is 10.1. The molecule has 1 aromatic rings. The monoisotopic (exact) mass is 195 g/mol. The Morgan fingerprint density at radius 1 is 1.71 bits per heavy atom. The van der Waals surface area contributed by atoms with Crippen molar-refractivity contribution in [1.29, 1.82) is 0 Å². The average Bonchev–Trinajstić information content (AvgIpc) is 2.63. The largest absolute Gasteiger partial charge is 0.497 e. The highest BCUT2D eigenvalue weighted by Gasteiger charge is 2.11. The van der Waals surface area contributed by atoms with Gasteiger partial charge in [-0.2, -0.15) is 0 Å². The first kappa shape index (κ1) is 8.98. The van der Waals surface area contributed by atoms with Crippen LogP contribution in [0.4, 0.5) is 5.95 Å². The Balaban J connectivity index is 1.82. The second-order valence-electron chi connectivity index (χ2n) is 3.21. The van der Waals surface area contributed by atoms with Crippen molar-refractivity contribution in [2.24, 2.45) is 7.05 Å². The normalized spacial score (nSPS) is 20.5. The van der Waals surface area contributed by atoms with Gasteiger partial charge in [0.2, 0.25) is 5.95 Å². The molecular formula is C8H13N5O. The van der Waals surface area contributed by atoms with Crippen LogP contribution in [0.1, 0.15) is 12.8 Å². The van der Waals surface area contributed by atoms with Crippen LogP contribution in [0.5, 0.6) is 0 Å². The smallest absolute Gasteiger partial charge is 0.242 e. The third-order valence-electron chi connectivity index (χ3n) is 2.13. The van der Waals surface area contributed by atoms with Crippen molar-refractivity contribution in [3.63, 3.8) is 0 Å². The molecule has 1 aliphatic rings. The fourth-order valence-corrected chi connectivity index (χ4v) is 1.32. The van der Waals surface area contributed by atoms with Crippen molar-refractivity contribution >= 4 is 5.95 Å². The van der Waals surface area contributed by atoms with Crippen LogP contribution < -0.4 is 5.32 Å². The lowest BCUT2D eigenvalue weighted by molar-refractivity contribution is 0.135. The summed E-state index contributed by atoms with van der Waals surface area (Å²) in [6.07, 6.45) is 6.11. The highest BCUT2D eigenvalue weighted by atomic mass is 16.5. The van der Waals surface area contributed by atoms with Gasteiger partial charge in [-0.15, -0.1) is 0 Å². The predicted octanol–water partition coefficient (Wildman–Crippen LogP) is 0.315. The van der Waals surface area contributed by atoms with E-state index in [0.29, 0.717) is 5.95 Å². The zero-order valence-corrected chi connectivity index (χ0v) is 8.05. The van der Waals surface area contributed by atoms with E-state index in [1.54, 1.807) is 18.0 Å². The van der Waals surface area contributed by atoms with E-state index in [0.717, 1.165) is 19.4 Å². The summed E-state index contributed by atoms with van der Waals surface area (Å²) in [5.74, 6) is 0.670. The van der Waals surface area contributed by atoms with Gasteiger partial charge in [0.1, 0.15) is 6.10 Å². The van der Waals surface area contributed by atoms with Crippen LogP contribution in [0.25, 0.3) is 0 Å². The van der Waals surface area contributed by atoms with Gasteiger partial charge < -0.3 is 10.1 Å². The number of allylic oxidation sites excluding steroid dienone is 1. The summed E-state index contributed by atoms with van der Waals surface area (Å²) >= 11 is 0. The maximum atomic E-state index is 5.40. The summed E-state index contributed by atoms with van der Waals surface area (Å²) in [6.45, 7) is 0.735. The molecule has 0 aromatic carbocycles. The predicted molar refractivity (Wildman–Crippen MR) is 50.5 cm³/mol. The highest BCUT2D eigenvalue weighted by molar-refractivity contribution is 5.21. The molecular weight excluding hydrogens is 182 g/mol. The molecule has 0 fully saturated rings. The first-order valence-corrected chi connectivity index (χ1v) is 4.63. The Bertz CT molecular complexity index is 321. The Labute approximate surface area is 81.9 Å². The van der Waals surface area contributed by atoms with Crippen LogP contribution in [0.2, 0.25) is 0 Å². The van der Waals surface area contributed by atoms with E-state index in [4.69, 9.17) is 4.74 Å². The third kappa shape index (κ3) is 2.01. The van der Waals surface area contributed by atoms with Crippen molar-refractivity contribution in [3.05, 3.63) is 12.3 Å². The molecule has 0 saturated carbocycles. The van der Waals surface area contributed by atoms with E-state index in [1.807, 2.05) is 6.08 Å². The summed E-state index contributed by atoms with van der Waals surface area (Å²) in [6, 6.07) is 0. The van der Waals surface area contributed by atoms with Crippen LogP contribution in [-0.2, 0) is 11.8 Å². The van der Waals surface area contributed by atoms with Gasteiger partial charge in [-0.3, -0.25) is 0 Å². The van der Waals surface area contributed by atoms with Gasteiger partial charge in [-0.05, 0) is 29.3 Å². The van der Waals surface area contributed by atoms with Gasteiger partial charge in [0.15, 0.2) is 0 Å². The highest BCUT2D eigenvalue weighted by Crippen LogP contribution is 2.10. The number of nitrogens with zero attached hydrogens (tertiary/aromatic N) is 4. The third-order valence-corrected chi connectivity index (χ3v) is 2.13. The van der Waals surface area contributed by atoms with Crippen LogP contribution in [0.3, 0.4) is 0 Å². The van der Waals surface area contributed by atoms with Gasteiger partial charge in [0, 0.05) is 7.05 Å². The Morgan fingerprint density at radius 3 is 3.29 bits per heavy atom. The van der Waals surface area contributed by atoms with Gasteiger partial charge >= 0.3 is 0 Å². The van der Waals surface area contributed by atoms with E-state index in [9.17, 15) is 0 Å². The lowest BCUT2D eigenvalue weighted by Crippen LogP contribution is -2.24. The topological polar surface area (TPSA) is 64.9 Å². The fourth-order valence-electron chi connectivity index (χ4n) is 1.32. The molecule has 2 heterocycles. The standard InChI is InChI=1S/C8H13N5O/c1-13-8(10-11-12-13)9-6-7-4-2-3-5-14-7/h3,5,7H,2,4,6H2,1H3,(H,9,10,12). The first-order chi connectivity index (χ1) is 6.86. The van der Waals surface area contributed by atoms with Gasteiger partial charge in [0.25, 0.3) is 0 Å². The van der Waals surface area contributed by atoms with Crippen LogP contribution in [-0.4, -0.2) is 32.9 Å². The fraction of sp³-hybridized carbons (Fsp3) is 0.625. The van der Waals surface area contributed by atoms with Gasteiger partial charge in [0.05, 0.1) is 12.8 Å². The molecule has 0 bridgehead atoms. The van der Waals surface area contributed by atoms with Crippen LogP contribution in [0, 0.1) is 0 Å². The number of rotatable bonds is 3. The number of ether oxygens (including phenoxy) is 1. The molecule has 0 radical (unpaired) electrons. The Hall–Kier alpha value is -1.59. The number of nitrogens with one attached hydrogen (secondary N) is 1. The quantitative estimate of drug-likeness (QED) is 0.752. The number of hydrogen-bond acceptors (Lipinski definition) is 5. The molecule has 6 nitrogen and oxygen atoms in total. The molecule has 1 atom stereocenters. The number of tetrazole rings is 1. The van der Waals surface area contributed by atoms with Crippen molar-refractivity contribution in [2.45, 2.75) is 18.9 Å². The molecule has 0 amide bonds. The van der Waals surface area contributed by atoms with Gasteiger partial charge in [-0.25, -0.2) is 4.68 Å². The van der Waals surface area contributed by atoms with E-state index in [1.165, 1.54) is 0 Å². The summed E-state index contributed by atoms with van der Waals surface area (Å²) in [5, 5.41) is 14.2. The van der Waals surface area contributed by atoms with E-state index in [2.05, 4.69) is 20.8 Å². The second-order valence-corrected chi connectivity index (χ2v) is 3.21. The summed E-state index contributed by atoms with van der Waals surface area (Å²) in [4.78, 5) is 0. The molecule has 1 aliphatic heterocycles. The molecule has 6 heteroatoms. The Morgan fingerprint density at radius 2 is 2.64 bits per heavy atom. The minimum Gasteiger partial charge on any atom is -0.497 e. The van der Waals surface area contributed by atoms with E-state index < -0.39 is 0 Å². The molecule has 0 saturated heterocycles. The van der Waals surface area contributed by atoms with E-state index >= 15 is 0 Å². The first-order valence-electron chi connectivity index (χ1n) is 4.63. The molecule has 0 spiro atoms. The van der Waals surface area contributed by atoms with Gasteiger partial charge in [-0.1, -0.05) is 5.10 Å². The van der Waals surface area contributed by atoms with Crippen LogP contribution >= 0.6 is 0 Å². The second kappa shape index (κ2) is 4.08. The number of aromatic nitrogens is 4. The summed E-state index contributed by atoms with van der Waals surface area (Å²) in [5.41, 5.74) is 0. The molecule has 1 N–H and O–H groups in total. The zero-order valence-electron chi connectivity index (χ0n) is 8.05. The van der Waals surface area contributed by atoms with Crippen molar-refractivity contribution in [2.75, 3.05) is 11.9 Å². The molecule has 1 aromatic heterocycles. The number of anilines is 1. The molecule has 76 valence electrons.